The quantitative estimate of drug-likeness (QED) is 0.662. The molecular weight excluding hydrogens is 349 g/mol. The van der Waals surface area contributed by atoms with Crippen LogP contribution >= 0.6 is 0 Å². The Balaban J connectivity index is 1.50. The van der Waals surface area contributed by atoms with Crippen LogP contribution < -0.4 is 10.2 Å². The average Bonchev–Trinajstić information content (AvgIpc) is 3.25. The first-order chi connectivity index (χ1) is 13.1. The number of hydrogen-bond acceptors (Lipinski definition) is 4. The number of hydrogen-bond donors (Lipinski definition) is 1. The zero-order valence-electron chi connectivity index (χ0n) is 14.8. The lowest BCUT2D eigenvalue weighted by Crippen LogP contribution is -2.30. The molecule has 4 rings (SSSR count). The Hall–Kier alpha value is -3.09. The average molecular weight is 369 g/mol. The van der Waals surface area contributed by atoms with Crippen molar-refractivity contribution in [3.63, 3.8) is 0 Å². The van der Waals surface area contributed by atoms with Crippen molar-refractivity contribution in [2.24, 2.45) is 0 Å². The minimum absolute atomic E-state index is 0.119. The number of urea groups is 1. The molecule has 140 valence electrons. The first kappa shape index (κ1) is 17.3. The molecule has 0 atom stereocenters. The molecule has 2 fully saturated rings. The van der Waals surface area contributed by atoms with Crippen LogP contribution in [0.2, 0.25) is 0 Å². The standard InChI is InChI=1S/C20H20FN3O3/c21-16-7-3-2-6-14(16)13-24-19(25)17(22-20(24)26)12-15-8-9-18(27-15)23-10-4-1-5-11-23/h2-3,6-9,12H,1,4-5,10-11,13H2,(H,22,26)/b17-12+. The highest BCUT2D eigenvalue weighted by Crippen LogP contribution is 2.25. The molecule has 2 saturated heterocycles. The number of piperidine rings is 1. The minimum Gasteiger partial charge on any atom is -0.441 e. The van der Waals surface area contributed by atoms with E-state index in [2.05, 4.69) is 10.2 Å². The number of carbonyl (C=O) groups is 2. The number of carbonyl (C=O) groups excluding carboxylic acids is 2. The Morgan fingerprint density at radius 1 is 1.07 bits per heavy atom. The lowest BCUT2D eigenvalue weighted by Gasteiger charge is -2.25. The van der Waals surface area contributed by atoms with E-state index < -0.39 is 17.8 Å². The number of furan rings is 1. The summed E-state index contributed by atoms with van der Waals surface area (Å²) in [6.45, 7) is 1.79. The number of halogens is 1. The first-order valence-electron chi connectivity index (χ1n) is 9.04. The molecule has 27 heavy (non-hydrogen) atoms. The molecule has 0 unspecified atom stereocenters. The smallest absolute Gasteiger partial charge is 0.329 e. The summed E-state index contributed by atoms with van der Waals surface area (Å²) in [6.07, 6.45) is 5.01. The third-order valence-electron chi connectivity index (χ3n) is 4.82. The maximum Gasteiger partial charge on any atom is 0.329 e. The highest BCUT2D eigenvalue weighted by Gasteiger charge is 2.34. The Morgan fingerprint density at radius 2 is 1.85 bits per heavy atom. The van der Waals surface area contributed by atoms with Crippen molar-refractivity contribution in [2.75, 3.05) is 18.0 Å². The second kappa shape index (κ2) is 7.26. The van der Waals surface area contributed by atoms with Crippen LogP contribution in [0.15, 0.2) is 46.5 Å². The van der Waals surface area contributed by atoms with Crippen LogP contribution in [-0.2, 0) is 11.3 Å². The van der Waals surface area contributed by atoms with Gasteiger partial charge in [0.2, 0.25) is 0 Å². The molecule has 0 aliphatic carbocycles. The van der Waals surface area contributed by atoms with Crippen molar-refractivity contribution in [3.8, 4) is 0 Å². The van der Waals surface area contributed by atoms with Crippen LogP contribution in [0.4, 0.5) is 15.1 Å². The Labute approximate surface area is 156 Å². The van der Waals surface area contributed by atoms with Crippen molar-refractivity contribution in [3.05, 3.63) is 59.2 Å². The molecule has 0 radical (unpaired) electrons. The van der Waals surface area contributed by atoms with E-state index >= 15 is 0 Å². The summed E-state index contributed by atoms with van der Waals surface area (Å²) in [5.74, 6) is 0.306. The molecule has 6 nitrogen and oxygen atoms in total. The maximum atomic E-state index is 13.8. The molecule has 1 N–H and O–H groups in total. The molecule has 0 bridgehead atoms. The molecule has 7 heteroatoms. The molecule has 2 aliphatic rings. The normalized spacial score (nSPS) is 19.1. The van der Waals surface area contributed by atoms with E-state index in [-0.39, 0.29) is 17.8 Å². The van der Waals surface area contributed by atoms with Crippen molar-refractivity contribution in [1.29, 1.82) is 0 Å². The third-order valence-corrected chi connectivity index (χ3v) is 4.82. The summed E-state index contributed by atoms with van der Waals surface area (Å²) in [6, 6.07) is 9.15. The van der Waals surface area contributed by atoms with Gasteiger partial charge in [0.1, 0.15) is 17.3 Å². The highest BCUT2D eigenvalue weighted by molar-refractivity contribution is 6.13. The van der Waals surface area contributed by atoms with Gasteiger partial charge in [-0.15, -0.1) is 0 Å². The van der Waals surface area contributed by atoms with Crippen LogP contribution in [0.5, 0.6) is 0 Å². The fraction of sp³-hybridized carbons (Fsp3) is 0.300. The first-order valence-corrected chi connectivity index (χ1v) is 9.04. The number of rotatable bonds is 4. The zero-order chi connectivity index (χ0) is 18.8. The van der Waals surface area contributed by atoms with E-state index in [0.717, 1.165) is 36.7 Å². The van der Waals surface area contributed by atoms with Crippen LogP contribution in [0.3, 0.4) is 0 Å². The number of imide groups is 1. The predicted octanol–water partition coefficient (Wildman–Crippen LogP) is 3.50. The van der Waals surface area contributed by atoms with E-state index in [1.165, 1.54) is 18.6 Å². The van der Waals surface area contributed by atoms with Crippen LogP contribution in [0.25, 0.3) is 6.08 Å². The fourth-order valence-electron chi connectivity index (χ4n) is 3.36. The Morgan fingerprint density at radius 3 is 2.63 bits per heavy atom. The van der Waals surface area contributed by atoms with Gasteiger partial charge in [-0.2, -0.15) is 0 Å². The Kier molecular flexibility index (Phi) is 4.66. The van der Waals surface area contributed by atoms with Gasteiger partial charge < -0.3 is 14.6 Å². The van der Waals surface area contributed by atoms with Gasteiger partial charge in [0.25, 0.3) is 5.91 Å². The number of nitrogens with zero attached hydrogens (tertiary/aromatic N) is 2. The molecule has 3 amide bonds. The Bertz CT molecular complexity index is 899. The highest BCUT2D eigenvalue weighted by atomic mass is 19.1. The molecule has 2 aliphatic heterocycles. The monoisotopic (exact) mass is 369 g/mol. The zero-order valence-corrected chi connectivity index (χ0v) is 14.8. The summed E-state index contributed by atoms with van der Waals surface area (Å²) in [5.41, 5.74) is 0.406. The summed E-state index contributed by atoms with van der Waals surface area (Å²) >= 11 is 0. The van der Waals surface area contributed by atoms with Gasteiger partial charge in [-0.25, -0.2) is 9.18 Å². The summed E-state index contributed by atoms with van der Waals surface area (Å²) in [5, 5.41) is 2.53. The van der Waals surface area contributed by atoms with Crippen LogP contribution in [-0.4, -0.2) is 29.9 Å². The summed E-state index contributed by atoms with van der Waals surface area (Å²) in [7, 11) is 0. The predicted molar refractivity (Wildman–Crippen MR) is 98.2 cm³/mol. The molecule has 1 aromatic carbocycles. The van der Waals surface area contributed by atoms with Gasteiger partial charge in [-0.1, -0.05) is 18.2 Å². The second-order valence-corrected chi connectivity index (χ2v) is 6.69. The minimum atomic E-state index is -0.572. The van der Waals surface area contributed by atoms with Gasteiger partial charge in [0, 0.05) is 30.8 Å². The van der Waals surface area contributed by atoms with E-state index in [1.54, 1.807) is 24.3 Å². The SMILES string of the molecule is O=C1N/C(=C/c2ccc(N3CCCCC3)o2)C(=O)N1Cc1ccccc1F. The third kappa shape index (κ3) is 3.58. The largest absolute Gasteiger partial charge is 0.441 e. The molecule has 0 spiro atoms. The fourth-order valence-corrected chi connectivity index (χ4v) is 3.36. The summed E-state index contributed by atoms with van der Waals surface area (Å²) in [4.78, 5) is 27.8. The van der Waals surface area contributed by atoms with Crippen molar-refractivity contribution < 1.29 is 18.4 Å². The summed E-state index contributed by atoms with van der Waals surface area (Å²) < 4.78 is 19.6. The van der Waals surface area contributed by atoms with E-state index in [0.29, 0.717) is 5.76 Å². The van der Waals surface area contributed by atoms with Gasteiger partial charge in [0.15, 0.2) is 5.88 Å². The van der Waals surface area contributed by atoms with Crippen molar-refractivity contribution in [1.82, 2.24) is 10.2 Å². The van der Waals surface area contributed by atoms with Crippen LogP contribution in [0.1, 0.15) is 30.6 Å². The van der Waals surface area contributed by atoms with Crippen LogP contribution in [0, 0.1) is 5.82 Å². The molecular formula is C20H20FN3O3. The van der Waals surface area contributed by atoms with Crippen molar-refractivity contribution >= 4 is 23.9 Å². The maximum absolute atomic E-state index is 13.8. The molecule has 0 saturated carbocycles. The number of anilines is 1. The number of benzene rings is 1. The van der Waals surface area contributed by atoms with Crippen molar-refractivity contribution in [2.45, 2.75) is 25.8 Å². The van der Waals surface area contributed by atoms with Gasteiger partial charge in [-0.3, -0.25) is 9.69 Å². The topological polar surface area (TPSA) is 65.8 Å². The molecule has 1 aromatic heterocycles. The second-order valence-electron chi connectivity index (χ2n) is 6.69. The number of nitrogens with one attached hydrogen (secondary N) is 1. The van der Waals surface area contributed by atoms with E-state index in [1.807, 2.05) is 6.07 Å². The number of amides is 3. The van der Waals surface area contributed by atoms with Gasteiger partial charge >= 0.3 is 6.03 Å². The molecule has 2 aromatic rings. The lowest BCUT2D eigenvalue weighted by atomic mass is 10.1. The van der Waals surface area contributed by atoms with Gasteiger partial charge in [0.05, 0.1) is 6.54 Å². The lowest BCUT2D eigenvalue weighted by molar-refractivity contribution is -0.123. The van der Waals surface area contributed by atoms with E-state index in [9.17, 15) is 14.0 Å². The van der Waals surface area contributed by atoms with Gasteiger partial charge in [-0.05, 0) is 31.4 Å². The van der Waals surface area contributed by atoms with E-state index in [4.69, 9.17) is 4.42 Å². The molecule has 3 heterocycles.